The van der Waals surface area contributed by atoms with E-state index in [1.165, 1.54) is 0 Å². The maximum absolute atomic E-state index is 13.2. The lowest BCUT2D eigenvalue weighted by Gasteiger charge is -2.29. The number of nitrogens with zero attached hydrogens (tertiary/aromatic N) is 1. The Balaban J connectivity index is 1.80. The van der Waals surface area contributed by atoms with Gasteiger partial charge in [0.25, 0.3) is 0 Å². The molecular weight excluding hydrogens is 438 g/mol. The van der Waals surface area contributed by atoms with Crippen molar-refractivity contribution in [3.8, 4) is 0 Å². The Kier molecular flexibility index (Phi) is 8.65. The van der Waals surface area contributed by atoms with E-state index in [9.17, 15) is 19.8 Å². The van der Waals surface area contributed by atoms with Crippen molar-refractivity contribution in [3.05, 3.63) is 33.8 Å². The molecule has 182 valence electrons. The van der Waals surface area contributed by atoms with Gasteiger partial charge in [0.15, 0.2) is 0 Å². The zero-order valence-corrected chi connectivity index (χ0v) is 20.9. The number of ketones is 1. The molecule has 0 unspecified atom stereocenters. The van der Waals surface area contributed by atoms with E-state index in [-0.39, 0.29) is 18.1 Å². The number of cyclic esters (lactones) is 1. The topological polar surface area (TPSA) is 96.7 Å². The highest BCUT2D eigenvalue weighted by Gasteiger charge is 2.57. The predicted molar refractivity (Wildman–Crippen MR) is 130 cm³/mol. The van der Waals surface area contributed by atoms with Crippen LogP contribution in [0.3, 0.4) is 0 Å². The molecule has 0 amide bonds. The van der Waals surface area contributed by atoms with Crippen molar-refractivity contribution in [2.75, 3.05) is 0 Å². The van der Waals surface area contributed by atoms with Gasteiger partial charge in [0.05, 0.1) is 34.7 Å². The van der Waals surface area contributed by atoms with Crippen molar-refractivity contribution in [2.45, 2.75) is 91.0 Å². The largest absolute Gasteiger partial charge is 0.457 e. The van der Waals surface area contributed by atoms with Crippen LogP contribution in [0.1, 0.15) is 76.4 Å². The van der Waals surface area contributed by atoms with Gasteiger partial charge < -0.3 is 14.9 Å². The summed E-state index contributed by atoms with van der Waals surface area (Å²) in [6.07, 6.45) is 7.70. The number of carbonyl (C=O) groups excluding carboxylic acids is 2. The van der Waals surface area contributed by atoms with Gasteiger partial charge >= 0.3 is 5.97 Å². The Morgan fingerprint density at radius 3 is 2.61 bits per heavy atom. The Hall–Kier alpha value is -1.83. The lowest BCUT2D eigenvalue weighted by molar-refractivity contribution is -0.152. The lowest BCUT2D eigenvalue weighted by Crippen LogP contribution is -2.41. The van der Waals surface area contributed by atoms with Crippen LogP contribution < -0.4 is 0 Å². The quantitative estimate of drug-likeness (QED) is 0.478. The Labute approximate surface area is 200 Å². The molecule has 1 fully saturated rings. The number of hydrogen-bond donors (Lipinski definition) is 2. The maximum Gasteiger partial charge on any atom is 0.309 e. The third-order valence-electron chi connectivity index (χ3n) is 7.13. The van der Waals surface area contributed by atoms with Gasteiger partial charge in [-0.2, -0.15) is 0 Å². The molecule has 7 heteroatoms. The molecule has 0 bridgehead atoms. The highest BCUT2D eigenvalue weighted by atomic mass is 32.1. The van der Waals surface area contributed by atoms with Crippen LogP contribution in [0.4, 0.5) is 0 Å². The summed E-state index contributed by atoms with van der Waals surface area (Å²) < 4.78 is 5.78. The summed E-state index contributed by atoms with van der Waals surface area (Å²) in [6, 6.07) is 0. The molecule has 1 aromatic rings. The van der Waals surface area contributed by atoms with Crippen molar-refractivity contribution >= 4 is 29.2 Å². The van der Waals surface area contributed by atoms with Gasteiger partial charge in [-0.15, -0.1) is 11.3 Å². The van der Waals surface area contributed by atoms with Gasteiger partial charge in [0, 0.05) is 17.7 Å². The number of allylic oxidation sites excluding steroid dienone is 1. The third-order valence-corrected chi connectivity index (χ3v) is 7.92. The number of carbonyl (C=O) groups is 2. The lowest BCUT2D eigenvalue weighted by atomic mass is 9.79. The van der Waals surface area contributed by atoms with Crippen molar-refractivity contribution in [3.63, 3.8) is 0 Å². The molecule has 5 atom stereocenters. The van der Waals surface area contributed by atoms with E-state index in [1.807, 2.05) is 38.3 Å². The first-order valence-electron chi connectivity index (χ1n) is 12.0. The highest BCUT2D eigenvalue weighted by Crippen LogP contribution is 2.52. The summed E-state index contributed by atoms with van der Waals surface area (Å²) in [5.41, 5.74) is 0.789. The van der Waals surface area contributed by atoms with Crippen LogP contribution in [0.15, 0.2) is 23.1 Å². The van der Waals surface area contributed by atoms with Crippen LogP contribution in [0, 0.1) is 24.2 Å². The monoisotopic (exact) mass is 475 g/mol. The molecule has 0 saturated heterocycles. The first-order valence-corrected chi connectivity index (χ1v) is 12.9. The number of hydrogen-bond acceptors (Lipinski definition) is 7. The average molecular weight is 476 g/mol. The second-order valence-electron chi connectivity index (χ2n) is 9.79. The summed E-state index contributed by atoms with van der Waals surface area (Å²) in [5.74, 6) is -1.24. The van der Waals surface area contributed by atoms with Crippen molar-refractivity contribution in [2.24, 2.45) is 17.3 Å². The number of thiazole rings is 1. The molecule has 1 aliphatic carbocycles. The van der Waals surface area contributed by atoms with Crippen LogP contribution in [0.5, 0.6) is 0 Å². The predicted octanol–water partition coefficient (Wildman–Crippen LogP) is 4.63. The number of ether oxygens (including phenoxy) is 1. The average Bonchev–Trinajstić information content (AvgIpc) is 3.49. The van der Waals surface area contributed by atoms with E-state index >= 15 is 0 Å². The molecule has 2 aliphatic rings. The van der Waals surface area contributed by atoms with Crippen molar-refractivity contribution < 1.29 is 24.5 Å². The van der Waals surface area contributed by atoms with Gasteiger partial charge in [-0.1, -0.05) is 26.0 Å². The zero-order valence-electron chi connectivity index (χ0n) is 20.1. The molecule has 2 N–H and O–H groups in total. The van der Waals surface area contributed by atoms with Gasteiger partial charge in [-0.25, -0.2) is 4.98 Å². The summed E-state index contributed by atoms with van der Waals surface area (Å²) >= 11 is 1.57. The molecule has 0 radical (unpaired) electrons. The minimum Gasteiger partial charge on any atom is -0.457 e. The number of esters is 1. The molecule has 1 saturated carbocycles. The van der Waals surface area contributed by atoms with Crippen LogP contribution >= 0.6 is 11.3 Å². The summed E-state index contributed by atoms with van der Waals surface area (Å²) in [6.45, 7) is 7.58. The summed E-state index contributed by atoms with van der Waals surface area (Å²) in [7, 11) is 0. The van der Waals surface area contributed by atoms with Gasteiger partial charge in [-0.05, 0) is 63.5 Å². The fourth-order valence-corrected chi connectivity index (χ4v) is 5.28. The molecule has 2 heterocycles. The van der Waals surface area contributed by atoms with E-state index in [2.05, 4.69) is 11.1 Å². The van der Waals surface area contributed by atoms with E-state index in [1.54, 1.807) is 18.3 Å². The van der Waals surface area contributed by atoms with Crippen LogP contribution in [-0.4, -0.2) is 45.3 Å². The first-order chi connectivity index (χ1) is 15.6. The molecule has 0 aromatic carbocycles. The Bertz CT molecular complexity index is 900. The molecular formula is C26H37NO5S. The zero-order chi connectivity index (χ0) is 24.2. The summed E-state index contributed by atoms with van der Waals surface area (Å²) in [4.78, 5) is 30.4. The molecule has 3 rings (SSSR count). The Morgan fingerprint density at radius 1 is 1.24 bits per heavy atom. The minimum atomic E-state index is -1.10. The van der Waals surface area contributed by atoms with Crippen LogP contribution in [0.25, 0.3) is 6.08 Å². The van der Waals surface area contributed by atoms with E-state index in [0.29, 0.717) is 19.3 Å². The second-order valence-corrected chi connectivity index (χ2v) is 10.9. The number of aromatic nitrogens is 1. The number of aryl methyl sites for hydroxylation is 1. The van der Waals surface area contributed by atoms with E-state index in [0.717, 1.165) is 35.5 Å². The van der Waals surface area contributed by atoms with Crippen LogP contribution in [-0.2, 0) is 14.3 Å². The first kappa shape index (κ1) is 25.8. The maximum atomic E-state index is 13.2. The highest BCUT2D eigenvalue weighted by molar-refractivity contribution is 7.09. The molecule has 1 aliphatic heterocycles. The van der Waals surface area contributed by atoms with Gasteiger partial charge in [-0.3, -0.25) is 9.59 Å². The molecule has 33 heavy (non-hydrogen) atoms. The third kappa shape index (κ3) is 6.40. The molecule has 1 aromatic heterocycles. The SMILES string of the molecule is C/C(=C\c1csc(C)n1)[C@@H]1C/C=C/CCC[C@@H](C)[C@H](O)[C@@H](C)C(=O)C2(CC2)[C@@H](O)CC(=O)O1. The smallest absolute Gasteiger partial charge is 0.309 e. The fourth-order valence-electron chi connectivity index (χ4n) is 4.71. The normalized spacial score (nSPS) is 33.0. The number of rotatable bonds is 2. The van der Waals surface area contributed by atoms with Crippen molar-refractivity contribution in [1.82, 2.24) is 4.98 Å². The number of aliphatic hydroxyl groups excluding tert-OH is 2. The fraction of sp³-hybridized carbons (Fsp3) is 0.654. The minimum absolute atomic E-state index is 0.0114. The summed E-state index contributed by atoms with van der Waals surface area (Å²) in [5, 5.41) is 24.5. The van der Waals surface area contributed by atoms with E-state index in [4.69, 9.17) is 4.74 Å². The van der Waals surface area contributed by atoms with Crippen molar-refractivity contribution in [1.29, 1.82) is 0 Å². The van der Waals surface area contributed by atoms with Gasteiger partial charge in [0.2, 0.25) is 0 Å². The van der Waals surface area contributed by atoms with Gasteiger partial charge in [0.1, 0.15) is 11.9 Å². The molecule has 1 spiro atoms. The standard InChI is InChI=1S/C26H37NO5S/c1-16-9-7-5-6-8-10-21(17(2)13-20-15-33-19(4)27-20)32-23(29)14-22(28)26(11-12-26)25(31)18(3)24(16)30/h6,8,13,15-16,18,21-22,24,28,30H,5,7,9-12,14H2,1-4H3/b8-6+,17-13+/t16-,18-,21+,22+,24+/m1/s1. The second kappa shape index (κ2) is 11.1. The molecule has 6 nitrogen and oxygen atoms in total. The number of Topliss-reactive ketones (excluding diaryl/α,β-unsaturated/α-hetero) is 1. The Morgan fingerprint density at radius 2 is 1.97 bits per heavy atom. The van der Waals surface area contributed by atoms with Crippen LogP contribution in [0.2, 0.25) is 0 Å². The number of aliphatic hydroxyl groups is 2. The van der Waals surface area contributed by atoms with E-state index < -0.39 is 35.6 Å².